The molecular weight excluding hydrogens is 446 g/mol. The molecule has 2 saturated heterocycles. The Balaban J connectivity index is 1.22. The fourth-order valence-electron chi connectivity index (χ4n) is 7.64. The zero-order valence-electron chi connectivity index (χ0n) is 21.3. The van der Waals surface area contributed by atoms with E-state index in [4.69, 9.17) is 4.74 Å². The summed E-state index contributed by atoms with van der Waals surface area (Å²) in [5.41, 5.74) is 0. The highest BCUT2D eigenvalue weighted by Gasteiger charge is 2.48. The van der Waals surface area contributed by atoms with Gasteiger partial charge in [0.1, 0.15) is 0 Å². The Kier molecular flexibility index (Phi) is 8.02. The molecule has 8 nitrogen and oxygen atoms in total. The normalized spacial score (nSPS) is 40.8. The van der Waals surface area contributed by atoms with Gasteiger partial charge in [-0.1, -0.05) is 25.7 Å². The first-order chi connectivity index (χ1) is 16.9. The van der Waals surface area contributed by atoms with Crippen molar-refractivity contribution in [3.8, 4) is 0 Å². The van der Waals surface area contributed by atoms with Gasteiger partial charge in [0.15, 0.2) is 0 Å². The molecule has 198 valence electrons. The molecule has 8 heteroatoms. The fraction of sp³-hybridized carbons (Fsp3) is 0.926. The van der Waals surface area contributed by atoms with E-state index in [0.29, 0.717) is 49.8 Å². The van der Waals surface area contributed by atoms with Crippen LogP contribution >= 0.6 is 0 Å². The molecular formula is C27H45N3O5. The zero-order chi connectivity index (χ0) is 24.5. The van der Waals surface area contributed by atoms with Crippen LogP contribution in [-0.2, 0) is 14.3 Å². The number of ether oxygens (including phenoxy) is 1. The Bertz CT molecular complexity index is 759. The summed E-state index contributed by atoms with van der Waals surface area (Å²) in [6.07, 6.45) is 8.80. The lowest BCUT2D eigenvalue weighted by atomic mass is 9.78. The van der Waals surface area contributed by atoms with Gasteiger partial charge in [-0.15, -0.1) is 0 Å². The number of carbonyl (C=O) groups excluding carboxylic acids is 2. The Morgan fingerprint density at radius 3 is 2.57 bits per heavy atom. The van der Waals surface area contributed by atoms with E-state index in [2.05, 4.69) is 5.32 Å². The summed E-state index contributed by atoms with van der Waals surface area (Å²) in [5, 5.41) is 25.0. The van der Waals surface area contributed by atoms with Crippen LogP contribution < -0.4 is 5.32 Å². The molecule has 35 heavy (non-hydrogen) atoms. The second-order valence-electron chi connectivity index (χ2n) is 12.1. The number of nitrogens with zero attached hydrogens (tertiary/aromatic N) is 2. The number of aliphatic hydroxyl groups excluding tert-OH is 2. The van der Waals surface area contributed by atoms with Crippen molar-refractivity contribution >= 4 is 11.8 Å². The van der Waals surface area contributed by atoms with Crippen LogP contribution in [0.2, 0.25) is 0 Å². The average molecular weight is 492 g/mol. The molecule has 0 aromatic rings. The minimum atomic E-state index is -0.862. The molecule has 7 unspecified atom stereocenters. The molecule has 0 radical (unpaired) electrons. The van der Waals surface area contributed by atoms with Gasteiger partial charge in [0, 0.05) is 64.6 Å². The number of hydrogen-bond acceptors (Lipinski definition) is 6. The summed E-state index contributed by atoms with van der Waals surface area (Å²) in [4.78, 5) is 29.6. The predicted molar refractivity (Wildman–Crippen MR) is 131 cm³/mol. The van der Waals surface area contributed by atoms with Crippen LogP contribution in [0.5, 0.6) is 0 Å². The highest BCUT2D eigenvalue weighted by atomic mass is 16.5. The van der Waals surface area contributed by atoms with Gasteiger partial charge in [-0.25, -0.2) is 0 Å². The largest absolute Gasteiger partial charge is 0.393 e. The van der Waals surface area contributed by atoms with Gasteiger partial charge in [-0.2, -0.15) is 0 Å². The van der Waals surface area contributed by atoms with E-state index >= 15 is 0 Å². The average Bonchev–Trinajstić information content (AvgIpc) is 3.41. The molecule has 3 N–H and O–H groups in total. The Hall–Kier alpha value is -1.22. The van der Waals surface area contributed by atoms with E-state index in [1.807, 2.05) is 11.9 Å². The van der Waals surface area contributed by atoms with Gasteiger partial charge >= 0.3 is 0 Å². The number of rotatable bonds is 6. The molecule has 2 heterocycles. The Morgan fingerprint density at radius 2 is 1.83 bits per heavy atom. The van der Waals surface area contributed by atoms with E-state index in [0.717, 1.165) is 32.4 Å². The third-order valence-electron chi connectivity index (χ3n) is 9.59. The van der Waals surface area contributed by atoms with Crippen LogP contribution in [0, 0.1) is 23.7 Å². The molecule has 3 saturated carbocycles. The first-order valence-electron chi connectivity index (χ1n) is 14.2. The number of aliphatic hydroxyl groups is 2. The number of amides is 2. The lowest BCUT2D eigenvalue weighted by Gasteiger charge is -2.39. The number of nitrogens with one attached hydrogen (secondary N) is 1. The highest BCUT2D eigenvalue weighted by molar-refractivity contribution is 5.80. The summed E-state index contributed by atoms with van der Waals surface area (Å²) in [6.45, 7) is 2.83. The van der Waals surface area contributed by atoms with Crippen LogP contribution in [0.1, 0.15) is 70.6 Å². The first kappa shape index (κ1) is 25.4. The lowest BCUT2D eigenvalue weighted by molar-refractivity contribution is -0.158. The molecule has 0 aromatic heterocycles. The fourth-order valence-corrected chi connectivity index (χ4v) is 7.64. The van der Waals surface area contributed by atoms with Crippen LogP contribution in [0.4, 0.5) is 0 Å². The number of hydrogen-bond donors (Lipinski definition) is 3. The first-order valence-corrected chi connectivity index (χ1v) is 14.2. The molecule has 0 spiro atoms. The Labute approximate surface area is 209 Å². The van der Waals surface area contributed by atoms with Crippen molar-refractivity contribution in [2.75, 3.05) is 33.3 Å². The van der Waals surface area contributed by atoms with Crippen molar-refractivity contribution < 1.29 is 24.5 Å². The maximum Gasteiger partial charge on any atom is 0.230 e. The molecule has 0 bridgehead atoms. The van der Waals surface area contributed by atoms with E-state index in [-0.39, 0.29) is 24.3 Å². The zero-order valence-corrected chi connectivity index (χ0v) is 21.3. The van der Waals surface area contributed by atoms with Crippen molar-refractivity contribution in [1.82, 2.24) is 15.1 Å². The van der Waals surface area contributed by atoms with Crippen molar-refractivity contribution in [2.45, 2.75) is 101 Å². The second kappa shape index (κ2) is 11.0. The summed E-state index contributed by atoms with van der Waals surface area (Å²) >= 11 is 0. The monoisotopic (exact) mass is 491 g/mol. The highest BCUT2D eigenvalue weighted by Crippen LogP contribution is 2.39. The SMILES string of the molecule is CN1C[C@H](NC2CCCC3CN(C(=O)C4C(O)CC(O)CC4OCC4CCCCC4)CC32)CC1=O. The number of likely N-dealkylation sites (tertiary alicyclic amines) is 2. The third kappa shape index (κ3) is 5.71. The van der Waals surface area contributed by atoms with Gasteiger partial charge in [0.05, 0.1) is 24.2 Å². The maximum absolute atomic E-state index is 13.8. The van der Waals surface area contributed by atoms with Crippen molar-refractivity contribution in [2.24, 2.45) is 23.7 Å². The predicted octanol–water partition coefficient (Wildman–Crippen LogP) is 1.53. The van der Waals surface area contributed by atoms with Gasteiger partial charge in [0.25, 0.3) is 0 Å². The molecule has 5 rings (SSSR count). The topological polar surface area (TPSA) is 102 Å². The van der Waals surface area contributed by atoms with Gasteiger partial charge in [0.2, 0.25) is 11.8 Å². The smallest absolute Gasteiger partial charge is 0.230 e. The summed E-state index contributed by atoms with van der Waals surface area (Å²) in [5.74, 6) is 0.996. The minimum absolute atomic E-state index is 0.00183. The van der Waals surface area contributed by atoms with Crippen LogP contribution in [0.25, 0.3) is 0 Å². The Morgan fingerprint density at radius 1 is 1.03 bits per heavy atom. The standard InChI is InChI=1S/C27H45N3O5/c1-29-14-19(10-25(29)33)28-22-9-5-8-18-13-30(15-21(18)22)27(34)26-23(32)11-20(31)12-24(26)35-16-17-6-3-2-4-7-17/h17-24,26,28,31-32H,2-16H2,1H3/t18?,19-,20?,21?,22?,23?,24?,26?/m1/s1. The third-order valence-corrected chi connectivity index (χ3v) is 9.59. The molecule has 3 aliphatic carbocycles. The number of likely N-dealkylation sites (N-methyl/N-ethyl adjacent to an activating group) is 1. The van der Waals surface area contributed by atoms with Gasteiger partial charge in [-0.05, 0) is 43.4 Å². The number of carbonyl (C=O) groups is 2. The van der Waals surface area contributed by atoms with Gasteiger partial charge < -0.3 is 30.1 Å². The maximum atomic E-state index is 13.8. The van der Waals surface area contributed by atoms with Crippen molar-refractivity contribution in [3.05, 3.63) is 0 Å². The summed E-state index contributed by atoms with van der Waals surface area (Å²) in [6, 6.07) is 0.521. The molecule has 0 aromatic carbocycles. The lowest BCUT2D eigenvalue weighted by Crippen LogP contribution is -2.52. The van der Waals surface area contributed by atoms with E-state index in [1.54, 1.807) is 4.90 Å². The molecule has 2 aliphatic heterocycles. The summed E-state index contributed by atoms with van der Waals surface area (Å²) in [7, 11) is 1.86. The van der Waals surface area contributed by atoms with Crippen LogP contribution in [0.15, 0.2) is 0 Å². The number of fused-ring (bicyclic) bond motifs is 1. The van der Waals surface area contributed by atoms with Crippen molar-refractivity contribution in [1.29, 1.82) is 0 Å². The van der Waals surface area contributed by atoms with Crippen LogP contribution in [0.3, 0.4) is 0 Å². The minimum Gasteiger partial charge on any atom is -0.393 e. The second-order valence-corrected chi connectivity index (χ2v) is 12.1. The van der Waals surface area contributed by atoms with E-state index < -0.39 is 24.2 Å². The van der Waals surface area contributed by atoms with Gasteiger partial charge in [-0.3, -0.25) is 9.59 Å². The molecule has 5 fully saturated rings. The van der Waals surface area contributed by atoms with E-state index in [1.165, 1.54) is 32.1 Å². The van der Waals surface area contributed by atoms with E-state index in [9.17, 15) is 19.8 Å². The molecule has 8 atom stereocenters. The van der Waals surface area contributed by atoms with Crippen molar-refractivity contribution in [3.63, 3.8) is 0 Å². The molecule has 2 amide bonds. The quantitative estimate of drug-likeness (QED) is 0.521. The molecule has 5 aliphatic rings. The van der Waals surface area contributed by atoms with Crippen LogP contribution in [-0.4, -0.2) is 95.5 Å². The summed E-state index contributed by atoms with van der Waals surface area (Å²) < 4.78 is 6.29.